The van der Waals surface area contributed by atoms with E-state index in [-0.39, 0.29) is 22.8 Å². The lowest BCUT2D eigenvalue weighted by molar-refractivity contribution is 0.122. The van der Waals surface area contributed by atoms with Crippen molar-refractivity contribution in [1.82, 2.24) is 10.0 Å². The van der Waals surface area contributed by atoms with E-state index < -0.39 is 10.0 Å². The van der Waals surface area contributed by atoms with E-state index in [2.05, 4.69) is 10.0 Å². The zero-order valence-electron chi connectivity index (χ0n) is 13.1. The summed E-state index contributed by atoms with van der Waals surface area (Å²) >= 11 is 7.58. The number of hydrogen-bond donors (Lipinski definition) is 2. The van der Waals surface area contributed by atoms with Crippen molar-refractivity contribution in [2.45, 2.75) is 28.2 Å². The van der Waals surface area contributed by atoms with E-state index in [0.29, 0.717) is 18.2 Å². The molecule has 1 aromatic rings. The standard InChI is InChI=1S/C14H21ClN2O3S2.ClH/c1-20-10-14(6-3-7-16-14)9-17-22(18,19)11-4-5-13(21-2)12(15)8-11;/h4-5,8,16-17H,3,6-7,9-10H2,1-2H3;1H. The second kappa shape index (κ2) is 8.89. The summed E-state index contributed by atoms with van der Waals surface area (Å²) in [6.45, 7) is 1.64. The molecule has 2 N–H and O–H groups in total. The van der Waals surface area contributed by atoms with Crippen LogP contribution in [-0.4, -0.2) is 47.0 Å². The highest BCUT2D eigenvalue weighted by Crippen LogP contribution is 2.28. The Hall–Kier alpha value is -0.0200. The second-order valence-electron chi connectivity index (χ2n) is 5.36. The molecular formula is C14H22Cl2N2O3S2. The number of sulfonamides is 1. The first kappa shape index (κ1) is 21.0. The van der Waals surface area contributed by atoms with Gasteiger partial charge in [-0.15, -0.1) is 24.2 Å². The molecule has 0 aromatic heterocycles. The maximum absolute atomic E-state index is 12.4. The van der Waals surface area contributed by atoms with Crippen molar-refractivity contribution in [3.8, 4) is 0 Å². The van der Waals surface area contributed by atoms with Crippen LogP contribution in [0.5, 0.6) is 0 Å². The highest BCUT2D eigenvalue weighted by Gasteiger charge is 2.34. The predicted molar refractivity (Wildman–Crippen MR) is 97.5 cm³/mol. The van der Waals surface area contributed by atoms with Crippen molar-refractivity contribution in [1.29, 1.82) is 0 Å². The van der Waals surface area contributed by atoms with Crippen LogP contribution in [0.15, 0.2) is 28.0 Å². The predicted octanol–water partition coefficient (Wildman–Crippen LogP) is 2.53. The van der Waals surface area contributed by atoms with Gasteiger partial charge in [-0.25, -0.2) is 13.1 Å². The van der Waals surface area contributed by atoms with E-state index in [1.54, 1.807) is 19.2 Å². The molecule has 0 bridgehead atoms. The summed E-state index contributed by atoms with van der Waals surface area (Å²) in [6.07, 6.45) is 3.79. The first-order valence-electron chi connectivity index (χ1n) is 7.00. The highest BCUT2D eigenvalue weighted by atomic mass is 35.5. The fraction of sp³-hybridized carbons (Fsp3) is 0.571. The van der Waals surface area contributed by atoms with Gasteiger partial charge in [0.05, 0.1) is 22.1 Å². The minimum atomic E-state index is -3.59. The van der Waals surface area contributed by atoms with Crippen LogP contribution in [0, 0.1) is 0 Å². The van der Waals surface area contributed by atoms with Crippen molar-refractivity contribution in [2.24, 2.45) is 0 Å². The van der Waals surface area contributed by atoms with Gasteiger partial charge in [0.1, 0.15) is 0 Å². The topological polar surface area (TPSA) is 67.4 Å². The van der Waals surface area contributed by atoms with Crippen LogP contribution in [-0.2, 0) is 14.8 Å². The summed E-state index contributed by atoms with van der Waals surface area (Å²) < 4.78 is 32.8. The molecule has 1 aliphatic heterocycles. The highest BCUT2D eigenvalue weighted by molar-refractivity contribution is 7.98. The molecule has 1 saturated heterocycles. The molecule has 5 nitrogen and oxygen atoms in total. The summed E-state index contributed by atoms with van der Waals surface area (Å²) in [5, 5.41) is 3.79. The number of rotatable bonds is 7. The van der Waals surface area contributed by atoms with Crippen molar-refractivity contribution < 1.29 is 13.2 Å². The average molecular weight is 401 g/mol. The lowest BCUT2D eigenvalue weighted by Crippen LogP contribution is -2.52. The Balaban J connectivity index is 0.00000264. The summed E-state index contributed by atoms with van der Waals surface area (Å²) in [5.74, 6) is 0. The van der Waals surface area contributed by atoms with Gasteiger partial charge in [0.2, 0.25) is 10.0 Å². The monoisotopic (exact) mass is 400 g/mol. The summed E-state index contributed by atoms with van der Waals surface area (Å²) in [5.41, 5.74) is -0.329. The van der Waals surface area contributed by atoms with Crippen molar-refractivity contribution >= 4 is 45.8 Å². The second-order valence-corrected chi connectivity index (χ2v) is 8.39. The first-order valence-corrected chi connectivity index (χ1v) is 10.1. The molecular weight excluding hydrogens is 379 g/mol. The number of benzene rings is 1. The molecule has 132 valence electrons. The Labute approximate surface area is 153 Å². The lowest BCUT2D eigenvalue weighted by atomic mass is 9.99. The van der Waals surface area contributed by atoms with Crippen LogP contribution >= 0.6 is 35.8 Å². The molecule has 1 heterocycles. The Morgan fingerprint density at radius 3 is 2.74 bits per heavy atom. The third kappa shape index (κ3) is 5.22. The van der Waals surface area contributed by atoms with Crippen LogP contribution in [0.4, 0.5) is 0 Å². The van der Waals surface area contributed by atoms with E-state index in [1.165, 1.54) is 17.8 Å². The van der Waals surface area contributed by atoms with Gasteiger partial charge in [-0.1, -0.05) is 11.6 Å². The molecule has 0 aliphatic carbocycles. The quantitative estimate of drug-likeness (QED) is 0.688. The fourth-order valence-corrected chi connectivity index (χ4v) is 4.69. The molecule has 1 atom stereocenters. The Morgan fingerprint density at radius 2 is 2.22 bits per heavy atom. The summed E-state index contributed by atoms with van der Waals surface area (Å²) in [6, 6.07) is 4.78. The molecule has 1 fully saturated rings. The van der Waals surface area contributed by atoms with Gasteiger partial charge in [0.15, 0.2) is 0 Å². The largest absolute Gasteiger partial charge is 0.383 e. The first-order chi connectivity index (χ1) is 10.4. The van der Waals surface area contributed by atoms with E-state index >= 15 is 0 Å². The molecule has 1 aliphatic rings. The van der Waals surface area contributed by atoms with Crippen molar-refractivity contribution in [3.05, 3.63) is 23.2 Å². The zero-order chi connectivity index (χ0) is 16.2. The molecule has 9 heteroatoms. The van der Waals surface area contributed by atoms with E-state index in [0.717, 1.165) is 24.3 Å². The molecule has 0 spiro atoms. The number of hydrogen-bond acceptors (Lipinski definition) is 5. The van der Waals surface area contributed by atoms with Gasteiger partial charge in [0, 0.05) is 18.6 Å². The van der Waals surface area contributed by atoms with Gasteiger partial charge in [0.25, 0.3) is 0 Å². The third-order valence-electron chi connectivity index (χ3n) is 3.79. The number of ether oxygens (including phenoxy) is 1. The van der Waals surface area contributed by atoms with Gasteiger partial charge in [-0.3, -0.25) is 0 Å². The van der Waals surface area contributed by atoms with Gasteiger partial charge in [-0.2, -0.15) is 0 Å². The average Bonchev–Trinajstić information content (AvgIpc) is 2.95. The minimum absolute atomic E-state index is 0. The van der Waals surface area contributed by atoms with Gasteiger partial charge < -0.3 is 10.1 Å². The summed E-state index contributed by atoms with van der Waals surface area (Å²) in [4.78, 5) is 1.04. The molecule has 0 saturated carbocycles. The fourth-order valence-electron chi connectivity index (χ4n) is 2.60. The number of methoxy groups -OCH3 is 1. The Bertz CT molecular complexity index is 620. The molecule has 2 rings (SSSR count). The molecule has 0 radical (unpaired) electrons. The maximum Gasteiger partial charge on any atom is 0.240 e. The van der Waals surface area contributed by atoms with Crippen LogP contribution < -0.4 is 10.0 Å². The molecule has 0 amide bonds. The number of halogens is 2. The third-order valence-corrected chi connectivity index (χ3v) is 6.41. The Morgan fingerprint density at radius 1 is 1.48 bits per heavy atom. The van der Waals surface area contributed by atoms with E-state index in [9.17, 15) is 8.42 Å². The Kier molecular flexibility index (Phi) is 8.13. The smallest absolute Gasteiger partial charge is 0.240 e. The number of thioether (sulfide) groups is 1. The molecule has 1 unspecified atom stereocenters. The molecule has 1 aromatic carbocycles. The van der Waals surface area contributed by atoms with Gasteiger partial charge in [-0.05, 0) is 43.8 Å². The molecule has 23 heavy (non-hydrogen) atoms. The van der Waals surface area contributed by atoms with Crippen LogP contribution in [0.3, 0.4) is 0 Å². The normalized spacial score (nSPS) is 21.2. The zero-order valence-corrected chi connectivity index (χ0v) is 16.3. The van der Waals surface area contributed by atoms with Crippen molar-refractivity contribution in [2.75, 3.05) is 33.1 Å². The SMILES string of the molecule is COCC1(CNS(=O)(=O)c2ccc(SC)c(Cl)c2)CCCN1.Cl. The van der Waals surface area contributed by atoms with E-state index in [4.69, 9.17) is 16.3 Å². The lowest BCUT2D eigenvalue weighted by Gasteiger charge is -2.28. The number of nitrogens with one attached hydrogen (secondary N) is 2. The van der Waals surface area contributed by atoms with E-state index in [1.807, 2.05) is 6.26 Å². The van der Waals surface area contributed by atoms with Crippen molar-refractivity contribution in [3.63, 3.8) is 0 Å². The summed E-state index contributed by atoms with van der Waals surface area (Å²) in [7, 11) is -1.97. The van der Waals surface area contributed by atoms with Crippen LogP contribution in [0.1, 0.15) is 12.8 Å². The van der Waals surface area contributed by atoms with Gasteiger partial charge >= 0.3 is 0 Å². The van der Waals surface area contributed by atoms with Crippen LogP contribution in [0.2, 0.25) is 5.02 Å². The minimum Gasteiger partial charge on any atom is -0.383 e. The maximum atomic E-state index is 12.4. The van der Waals surface area contributed by atoms with Crippen LogP contribution in [0.25, 0.3) is 0 Å².